The molecule has 2 N–H and O–H groups in total. The second kappa shape index (κ2) is 4.06. The highest BCUT2D eigenvalue weighted by molar-refractivity contribution is 7.86. The Morgan fingerprint density at radius 1 is 1.41 bits per heavy atom. The first kappa shape index (κ1) is 12.0. The van der Waals surface area contributed by atoms with Crippen molar-refractivity contribution in [3.8, 4) is 0 Å². The highest BCUT2D eigenvalue weighted by atomic mass is 32.2. The maximum Gasteiger partial charge on any atom is 0.310 e. The van der Waals surface area contributed by atoms with E-state index in [2.05, 4.69) is 4.98 Å². The second-order valence-electron chi connectivity index (χ2n) is 3.26. The van der Waals surface area contributed by atoms with E-state index in [1.165, 1.54) is 12.1 Å². The molecule has 6 nitrogen and oxygen atoms in total. The number of aromatic nitrogens is 1. The Balaban J connectivity index is 2.65. The topological polar surface area (TPSA) is 105 Å². The fourth-order valence-corrected chi connectivity index (χ4v) is 3.08. The molecule has 2 rings (SSSR count). The van der Waals surface area contributed by atoms with Gasteiger partial charge in [-0.25, -0.2) is 4.98 Å². The Morgan fingerprint density at radius 2 is 2.12 bits per heavy atom. The first-order valence-corrected chi connectivity index (χ1v) is 6.71. The molecule has 0 aliphatic carbocycles. The largest absolute Gasteiger partial charge is 0.481 e. The molecule has 17 heavy (non-hydrogen) atoms. The van der Waals surface area contributed by atoms with Crippen LogP contribution in [0.4, 0.5) is 0 Å². The predicted octanol–water partition coefficient (Wildman–Crippen LogP) is 1.17. The molecular formula is C9H7NO5S2. The zero-order chi connectivity index (χ0) is 12.6. The van der Waals surface area contributed by atoms with E-state index >= 15 is 0 Å². The van der Waals surface area contributed by atoms with Gasteiger partial charge in [0.1, 0.15) is 15.4 Å². The molecular weight excluding hydrogens is 266 g/mol. The van der Waals surface area contributed by atoms with Crippen molar-refractivity contribution in [2.24, 2.45) is 0 Å². The van der Waals surface area contributed by atoms with Crippen LogP contribution in [0.5, 0.6) is 0 Å². The average Bonchev–Trinajstić information content (AvgIpc) is 2.55. The van der Waals surface area contributed by atoms with Crippen molar-refractivity contribution in [2.75, 3.05) is 0 Å². The lowest BCUT2D eigenvalue weighted by Gasteiger charge is -1.96. The van der Waals surface area contributed by atoms with E-state index < -0.39 is 16.1 Å². The van der Waals surface area contributed by atoms with Gasteiger partial charge in [-0.1, -0.05) is 6.07 Å². The van der Waals surface area contributed by atoms with Crippen LogP contribution in [0.1, 0.15) is 5.01 Å². The van der Waals surface area contributed by atoms with Crippen LogP contribution in [0.15, 0.2) is 23.1 Å². The second-order valence-corrected chi connectivity index (χ2v) is 5.76. The monoisotopic (exact) mass is 273 g/mol. The summed E-state index contributed by atoms with van der Waals surface area (Å²) < 4.78 is 31.7. The maximum absolute atomic E-state index is 11.1. The number of thiazole rings is 1. The van der Waals surface area contributed by atoms with Gasteiger partial charge < -0.3 is 5.11 Å². The molecule has 0 fully saturated rings. The van der Waals surface area contributed by atoms with Crippen molar-refractivity contribution in [2.45, 2.75) is 11.3 Å². The fourth-order valence-electron chi connectivity index (χ4n) is 1.38. The molecule has 0 aliphatic heterocycles. The van der Waals surface area contributed by atoms with Gasteiger partial charge in [0.15, 0.2) is 0 Å². The summed E-state index contributed by atoms with van der Waals surface area (Å²) in [5, 5.41) is 8.92. The van der Waals surface area contributed by atoms with Crippen molar-refractivity contribution in [1.29, 1.82) is 0 Å². The number of nitrogens with zero attached hydrogens (tertiary/aromatic N) is 1. The highest BCUT2D eigenvalue weighted by Gasteiger charge is 2.17. The van der Waals surface area contributed by atoms with E-state index in [4.69, 9.17) is 9.66 Å². The van der Waals surface area contributed by atoms with Crippen molar-refractivity contribution in [3.63, 3.8) is 0 Å². The number of carboxylic acid groups (broad SMARTS) is 1. The lowest BCUT2D eigenvalue weighted by atomic mass is 10.3. The maximum atomic E-state index is 11.1. The molecule has 1 heterocycles. The van der Waals surface area contributed by atoms with Crippen LogP contribution < -0.4 is 0 Å². The number of carboxylic acids is 1. The summed E-state index contributed by atoms with van der Waals surface area (Å²) in [5.41, 5.74) is 0.108. The quantitative estimate of drug-likeness (QED) is 0.813. The molecule has 0 saturated carbocycles. The number of hydrogen-bond donors (Lipinski definition) is 2. The zero-order valence-electron chi connectivity index (χ0n) is 8.32. The Morgan fingerprint density at radius 3 is 2.71 bits per heavy atom. The van der Waals surface area contributed by atoms with E-state index in [1.807, 2.05) is 0 Å². The third-order valence-electron chi connectivity index (χ3n) is 2.01. The predicted molar refractivity (Wildman–Crippen MR) is 60.8 cm³/mol. The lowest BCUT2D eigenvalue weighted by Crippen LogP contribution is -2.00. The van der Waals surface area contributed by atoms with Gasteiger partial charge in [0.05, 0.1) is 11.1 Å². The molecule has 0 bridgehead atoms. The van der Waals surface area contributed by atoms with Gasteiger partial charge in [0.2, 0.25) is 0 Å². The number of fused-ring (bicyclic) bond motifs is 1. The van der Waals surface area contributed by atoms with Gasteiger partial charge in [0.25, 0.3) is 10.1 Å². The van der Waals surface area contributed by atoms with Gasteiger partial charge in [0, 0.05) is 0 Å². The van der Waals surface area contributed by atoms with Gasteiger partial charge in [-0.3, -0.25) is 9.35 Å². The number of rotatable bonds is 3. The van der Waals surface area contributed by atoms with E-state index in [-0.39, 0.29) is 16.8 Å². The molecule has 1 aromatic heterocycles. The highest BCUT2D eigenvalue weighted by Crippen LogP contribution is 2.27. The van der Waals surface area contributed by atoms with Crippen LogP contribution >= 0.6 is 11.3 Å². The molecule has 90 valence electrons. The lowest BCUT2D eigenvalue weighted by molar-refractivity contribution is -0.136. The minimum absolute atomic E-state index is 0.108. The third-order valence-corrected chi connectivity index (χ3v) is 3.91. The Bertz CT molecular complexity index is 688. The minimum atomic E-state index is -4.35. The SMILES string of the molecule is O=C(O)Cc1nc2c(S(=O)(=O)O)cccc2s1. The summed E-state index contributed by atoms with van der Waals surface area (Å²) in [5.74, 6) is -1.04. The number of benzene rings is 1. The standard InChI is InChI=1S/C9H7NO5S2/c11-8(12)4-7-10-9-5(16-7)2-1-3-6(9)17(13,14)15/h1-3H,4H2,(H,11,12)(H,13,14,15). The van der Waals surface area contributed by atoms with Crippen molar-refractivity contribution < 1.29 is 22.9 Å². The van der Waals surface area contributed by atoms with Gasteiger partial charge in [-0.2, -0.15) is 8.42 Å². The van der Waals surface area contributed by atoms with Crippen molar-refractivity contribution in [1.82, 2.24) is 4.98 Å². The first-order chi connectivity index (χ1) is 7.88. The summed E-state index contributed by atoms with van der Waals surface area (Å²) in [4.78, 5) is 14.1. The van der Waals surface area contributed by atoms with Crippen molar-refractivity contribution >= 4 is 37.6 Å². The van der Waals surface area contributed by atoms with Crippen LogP contribution in [0.25, 0.3) is 10.2 Å². The van der Waals surface area contributed by atoms with E-state index in [0.29, 0.717) is 9.71 Å². The normalized spacial score (nSPS) is 11.8. The molecule has 0 saturated heterocycles. The molecule has 0 spiro atoms. The number of carbonyl (C=O) groups is 1. The van der Waals surface area contributed by atoms with Gasteiger partial charge >= 0.3 is 5.97 Å². The minimum Gasteiger partial charge on any atom is -0.481 e. The van der Waals surface area contributed by atoms with Crippen molar-refractivity contribution in [3.05, 3.63) is 23.2 Å². The van der Waals surface area contributed by atoms with Gasteiger partial charge in [-0.15, -0.1) is 11.3 Å². The number of aliphatic carboxylic acids is 1. The van der Waals surface area contributed by atoms with Crippen LogP contribution in [-0.2, 0) is 21.3 Å². The summed E-state index contributed by atoms with van der Waals surface area (Å²) in [7, 11) is -4.35. The van der Waals surface area contributed by atoms with Crippen LogP contribution in [-0.4, -0.2) is 29.0 Å². The van der Waals surface area contributed by atoms with E-state index in [0.717, 1.165) is 11.3 Å². The molecule has 0 aliphatic rings. The number of hydrogen-bond acceptors (Lipinski definition) is 5. The van der Waals surface area contributed by atoms with Crippen LogP contribution in [0.3, 0.4) is 0 Å². The molecule has 0 atom stereocenters. The summed E-state index contributed by atoms with van der Waals surface area (Å²) in [6.07, 6.45) is -0.274. The zero-order valence-corrected chi connectivity index (χ0v) is 9.96. The van der Waals surface area contributed by atoms with Gasteiger partial charge in [-0.05, 0) is 12.1 Å². The summed E-state index contributed by atoms with van der Waals surface area (Å²) in [6.45, 7) is 0. The molecule has 2 aromatic rings. The molecule has 8 heteroatoms. The average molecular weight is 273 g/mol. The molecule has 1 aromatic carbocycles. The molecule has 0 unspecified atom stereocenters. The van der Waals surface area contributed by atoms with E-state index in [1.54, 1.807) is 6.07 Å². The Hall–Kier alpha value is -1.51. The molecule has 0 radical (unpaired) electrons. The van der Waals surface area contributed by atoms with Crippen LogP contribution in [0.2, 0.25) is 0 Å². The Labute approximate surface area is 100 Å². The Kier molecular flexibility index (Phi) is 2.86. The number of para-hydroxylation sites is 1. The smallest absolute Gasteiger partial charge is 0.310 e. The fraction of sp³-hybridized carbons (Fsp3) is 0.111. The van der Waals surface area contributed by atoms with E-state index in [9.17, 15) is 13.2 Å². The van der Waals surface area contributed by atoms with Crippen LogP contribution in [0, 0.1) is 0 Å². The summed E-state index contributed by atoms with van der Waals surface area (Å²) in [6, 6.07) is 4.31. The molecule has 0 amide bonds. The third kappa shape index (κ3) is 2.43. The summed E-state index contributed by atoms with van der Waals surface area (Å²) >= 11 is 1.09. The first-order valence-electron chi connectivity index (χ1n) is 4.45.